The summed E-state index contributed by atoms with van der Waals surface area (Å²) in [7, 11) is -3.53. The summed E-state index contributed by atoms with van der Waals surface area (Å²) in [5.41, 5.74) is 0. The van der Waals surface area contributed by atoms with Gasteiger partial charge in [0.25, 0.3) is 0 Å². The van der Waals surface area contributed by atoms with Crippen LogP contribution in [-0.2, 0) is 14.8 Å². The quantitative estimate of drug-likeness (QED) is 0.784. The van der Waals surface area contributed by atoms with E-state index in [9.17, 15) is 18.3 Å². The topological polar surface area (TPSA) is 99.6 Å². The van der Waals surface area contributed by atoms with Gasteiger partial charge in [0.15, 0.2) is 0 Å². The van der Waals surface area contributed by atoms with Crippen molar-refractivity contribution >= 4 is 21.8 Å². The predicted octanol–water partition coefficient (Wildman–Crippen LogP) is 1.78. The van der Waals surface area contributed by atoms with Gasteiger partial charge in [-0.2, -0.15) is 4.31 Å². The molecule has 7 nitrogen and oxygen atoms in total. The Morgan fingerprint density at radius 1 is 1.39 bits per heavy atom. The highest BCUT2D eigenvalue weighted by atomic mass is 32.2. The minimum absolute atomic E-state index is 0.144. The summed E-state index contributed by atoms with van der Waals surface area (Å²) in [4.78, 5) is 15.5. The number of hydrogen-bond acceptors (Lipinski definition) is 5. The number of hydrogen-bond donors (Lipinski definition) is 2. The molecular formula is C15H23N3O4S. The van der Waals surface area contributed by atoms with Crippen LogP contribution in [0, 0.1) is 5.92 Å². The van der Waals surface area contributed by atoms with Crippen LogP contribution in [0.5, 0.6) is 0 Å². The van der Waals surface area contributed by atoms with Crippen molar-refractivity contribution in [1.29, 1.82) is 0 Å². The molecule has 0 bridgehead atoms. The number of aromatic nitrogens is 1. The van der Waals surface area contributed by atoms with Gasteiger partial charge in [0, 0.05) is 25.4 Å². The van der Waals surface area contributed by atoms with Gasteiger partial charge in [0.05, 0.1) is 4.90 Å². The lowest BCUT2D eigenvalue weighted by Gasteiger charge is -2.19. The van der Waals surface area contributed by atoms with E-state index in [1.807, 2.05) is 13.8 Å². The van der Waals surface area contributed by atoms with Gasteiger partial charge in [-0.3, -0.25) is 0 Å². The zero-order valence-corrected chi connectivity index (χ0v) is 14.2. The number of nitrogens with one attached hydrogen (secondary N) is 1. The number of rotatable bonds is 7. The molecule has 1 aromatic rings. The molecule has 1 aromatic heterocycles. The first-order valence-corrected chi connectivity index (χ1v) is 9.20. The predicted molar refractivity (Wildman–Crippen MR) is 86.7 cm³/mol. The van der Waals surface area contributed by atoms with Crippen LogP contribution in [0.15, 0.2) is 23.2 Å². The van der Waals surface area contributed by atoms with Crippen LogP contribution in [-0.4, -0.2) is 47.9 Å². The van der Waals surface area contributed by atoms with E-state index in [4.69, 9.17) is 0 Å². The van der Waals surface area contributed by atoms with Crippen molar-refractivity contribution in [2.75, 3.05) is 18.4 Å². The number of anilines is 1. The molecule has 0 amide bonds. The molecule has 0 radical (unpaired) electrons. The molecule has 1 aliphatic heterocycles. The van der Waals surface area contributed by atoms with Crippen LogP contribution in [0.2, 0.25) is 0 Å². The van der Waals surface area contributed by atoms with Crippen LogP contribution in [0.4, 0.5) is 5.82 Å². The molecule has 8 heteroatoms. The summed E-state index contributed by atoms with van der Waals surface area (Å²) >= 11 is 0. The summed E-state index contributed by atoms with van der Waals surface area (Å²) < 4.78 is 26.5. The minimum atomic E-state index is -3.53. The standard InChI is InChI=1S/C15H23N3O4S/c1-11(2)9-13(15(19)20)17-14-10-12(5-6-16-14)23(21,22)18-7-3-4-8-18/h5-6,10-11,13H,3-4,7-9H2,1-2H3,(H,16,17)(H,19,20). The average Bonchev–Trinajstić information content (AvgIpc) is 3.01. The number of sulfonamides is 1. The third-order valence-corrected chi connectivity index (χ3v) is 5.66. The smallest absolute Gasteiger partial charge is 0.326 e. The Bertz CT molecular complexity index is 654. The molecular weight excluding hydrogens is 318 g/mol. The minimum Gasteiger partial charge on any atom is -0.480 e. The zero-order valence-electron chi connectivity index (χ0n) is 13.4. The van der Waals surface area contributed by atoms with Crippen molar-refractivity contribution in [3.05, 3.63) is 18.3 Å². The molecule has 128 valence electrons. The molecule has 1 unspecified atom stereocenters. The largest absolute Gasteiger partial charge is 0.480 e. The van der Waals surface area contributed by atoms with Crippen LogP contribution >= 0.6 is 0 Å². The molecule has 1 fully saturated rings. The number of nitrogens with zero attached hydrogens (tertiary/aromatic N) is 2. The van der Waals surface area contributed by atoms with Crippen molar-refractivity contribution in [2.24, 2.45) is 5.92 Å². The van der Waals surface area contributed by atoms with Gasteiger partial charge in [0.2, 0.25) is 10.0 Å². The first kappa shape index (κ1) is 17.7. The Balaban J connectivity index is 2.20. The fourth-order valence-corrected chi connectivity index (χ4v) is 4.13. The van der Waals surface area contributed by atoms with Crippen molar-refractivity contribution in [3.63, 3.8) is 0 Å². The Morgan fingerprint density at radius 3 is 2.61 bits per heavy atom. The summed E-state index contributed by atoms with van der Waals surface area (Å²) in [6.07, 6.45) is 3.55. The Labute approximate surface area is 136 Å². The fourth-order valence-electron chi connectivity index (χ4n) is 2.60. The Morgan fingerprint density at radius 2 is 2.04 bits per heavy atom. The number of carbonyl (C=O) groups is 1. The third kappa shape index (κ3) is 4.42. The van der Waals surface area contributed by atoms with Crippen molar-refractivity contribution in [2.45, 2.75) is 44.0 Å². The molecule has 1 saturated heterocycles. The zero-order chi connectivity index (χ0) is 17.0. The molecule has 2 heterocycles. The number of carboxylic acids is 1. The Kier molecular flexibility index (Phi) is 5.59. The number of carboxylic acid groups (broad SMARTS) is 1. The summed E-state index contributed by atoms with van der Waals surface area (Å²) in [6, 6.07) is 2.05. The van der Waals surface area contributed by atoms with E-state index in [1.165, 1.54) is 22.6 Å². The van der Waals surface area contributed by atoms with E-state index in [2.05, 4.69) is 10.3 Å². The van der Waals surface area contributed by atoms with Crippen LogP contribution in [0.1, 0.15) is 33.1 Å². The highest BCUT2D eigenvalue weighted by Gasteiger charge is 2.28. The van der Waals surface area contributed by atoms with Crippen LogP contribution in [0.25, 0.3) is 0 Å². The van der Waals surface area contributed by atoms with Crippen molar-refractivity contribution < 1.29 is 18.3 Å². The van der Waals surface area contributed by atoms with E-state index in [-0.39, 0.29) is 16.6 Å². The molecule has 2 rings (SSSR count). The molecule has 0 saturated carbocycles. The highest BCUT2D eigenvalue weighted by Crippen LogP contribution is 2.22. The van der Waals surface area contributed by atoms with Gasteiger partial charge in [-0.1, -0.05) is 13.8 Å². The van der Waals surface area contributed by atoms with E-state index < -0.39 is 22.0 Å². The van der Waals surface area contributed by atoms with Gasteiger partial charge < -0.3 is 10.4 Å². The lowest BCUT2D eigenvalue weighted by Crippen LogP contribution is -2.31. The highest BCUT2D eigenvalue weighted by molar-refractivity contribution is 7.89. The molecule has 2 N–H and O–H groups in total. The first-order chi connectivity index (χ1) is 10.8. The number of aliphatic carboxylic acids is 1. The summed E-state index contributed by atoms with van der Waals surface area (Å²) in [5, 5.41) is 12.1. The Hall–Kier alpha value is -1.67. The second-order valence-corrected chi connectivity index (χ2v) is 8.09. The first-order valence-electron chi connectivity index (χ1n) is 7.76. The van der Waals surface area contributed by atoms with E-state index in [1.54, 1.807) is 0 Å². The maximum absolute atomic E-state index is 12.5. The third-order valence-electron chi connectivity index (χ3n) is 3.76. The molecule has 23 heavy (non-hydrogen) atoms. The molecule has 0 spiro atoms. The van der Waals surface area contributed by atoms with Crippen molar-refractivity contribution in [1.82, 2.24) is 9.29 Å². The van der Waals surface area contributed by atoms with E-state index in [0.717, 1.165) is 12.8 Å². The van der Waals surface area contributed by atoms with Crippen LogP contribution in [0.3, 0.4) is 0 Å². The molecule has 0 aromatic carbocycles. The fraction of sp³-hybridized carbons (Fsp3) is 0.600. The molecule has 1 aliphatic rings. The molecule has 1 atom stereocenters. The lowest BCUT2D eigenvalue weighted by molar-refractivity contribution is -0.138. The number of pyridine rings is 1. The van der Waals surface area contributed by atoms with E-state index >= 15 is 0 Å². The van der Waals surface area contributed by atoms with Gasteiger partial charge in [-0.25, -0.2) is 18.2 Å². The monoisotopic (exact) mass is 341 g/mol. The van der Waals surface area contributed by atoms with Gasteiger partial charge in [-0.15, -0.1) is 0 Å². The SMILES string of the molecule is CC(C)CC(Nc1cc(S(=O)(=O)N2CCCC2)ccn1)C(=O)O. The summed E-state index contributed by atoms with van der Waals surface area (Å²) in [6.45, 7) is 4.91. The normalized spacial score (nSPS) is 17.3. The maximum atomic E-state index is 12.5. The van der Waals surface area contributed by atoms with Crippen molar-refractivity contribution in [3.8, 4) is 0 Å². The van der Waals surface area contributed by atoms with Gasteiger partial charge in [-0.05, 0) is 31.2 Å². The summed E-state index contributed by atoms with van der Waals surface area (Å²) in [5.74, 6) is -0.522. The van der Waals surface area contributed by atoms with Gasteiger partial charge >= 0.3 is 5.97 Å². The van der Waals surface area contributed by atoms with Gasteiger partial charge in [0.1, 0.15) is 11.9 Å². The van der Waals surface area contributed by atoms with Crippen LogP contribution < -0.4 is 5.32 Å². The second kappa shape index (κ2) is 7.27. The lowest BCUT2D eigenvalue weighted by atomic mass is 10.0. The van der Waals surface area contributed by atoms with E-state index in [0.29, 0.717) is 19.5 Å². The average molecular weight is 341 g/mol. The maximum Gasteiger partial charge on any atom is 0.326 e. The second-order valence-electron chi connectivity index (χ2n) is 6.15. The molecule has 0 aliphatic carbocycles.